The van der Waals surface area contributed by atoms with Crippen LogP contribution in [0.2, 0.25) is 0 Å². The number of halogens is 3. The molecule has 4 rings (SSSR count). The van der Waals surface area contributed by atoms with Crippen molar-refractivity contribution < 1.29 is 22.7 Å². The van der Waals surface area contributed by atoms with Gasteiger partial charge in [-0.25, -0.2) is 13.2 Å². The number of nitrogens with zero attached hydrogens (tertiary/aromatic N) is 3. The Kier molecular flexibility index (Phi) is 10.3. The Morgan fingerprint density at radius 3 is 2.29 bits per heavy atom. The summed E-state index contributed by atoms with van der Waals surface area (Å²) in [7, 11) is 1.92. The molecule has 2 heterocycles. The van der Waals surface area contributed by atoms with Gasteiger partial charge in [0, 0.05) is 31.4 Å². The molecule has 0 spiro atoms. The summed E-state index contributed by atoms with van der Waals surface area (Å²) in [6, 6.07) is 3.60. The van der Waals surface area contributed by atoms with Gasteiger partial charge in [-0.05, 0) is 51.5 Å². The molecule has 1 aliphatic carbocycles. The summed E-state index contributed by atoms with van der Waals surface area (Å²) in [5.41, 5.74) is 2.82. The predicted molar refractivity (Wildman–Crippen MR) is 136 cm³/mol. The minimum Gasteiger partial charge on any atom is -0.490 e. The number of aryl methyl sites for hydroxylation is 1. The lowest BCUT2D eigenvalue weighted by Gasteiger charge is -2.39. The normalized spacial score (nSPS) is 20.9. The number of hydrogen-bond donors (Lipinski definition) is 0. The molecule has 5 nitrogen and oxygen atoms in total. The number of rotatable bonds is 6. The van der Waals surface area contributed by atoms with Crippen molar-refractivity contribution in [1.29, 1.82) is 0 Å². The van der Waals surface area contributed by atoms with Crippen molar-refractivity contribution in [2.24, 2.45) is 5.92 Å². The number of aromatic nitrogens is 1. The molecule has 1 amide bonds. The second-order valence-electron chi connectivity index (χ2n) is 8.35. The molecule has 9 heteroatoms. The van der Waals surface area contributed by atoms with Gasteiger partial charge in [-0.2, -0.15) is 13.5 Å². The number of ether oxygens (including phenoxy) is 1. The highest BCUT2D eigenvalue weighted by molar-refractivity contribution is 7.59. The standard InChI is InChI=1S/C23H26F3N3O2.2CH4.H2S/c1-4-29-21-12-27-15(9-20(21)28(3)13(2)23(29)30)6-5-14-7-16(8-14)31-17-10-18(24)22(26)19(25)11-17;;;/h9-14,16H,4-8H2,1-3H3;2*1H4;1H2/t13-,14?,16?;;;/m0.../s1. The van der Waals surface area contributed by atoms with Crippen LogP contribution in [-0.2, 0) is 11.2 Å². The zero-order valence-corrected chi connectivity index (χ0v) is 19.4. The molecule has 0 unspecified atom stereocenters. The average molecular weight is 500 g/mol. The van der Waals surface area contributed by atoms with Gasteiger partial charge in [0.2, 0.25) is 5.91 Å². The van der Waals surface area contributed by atoms with E-state index in [4.69, 9.17) is 4.74 Å². The van der Waals surface area contributed by atoms with Crippen LogP contribution in [0.25, 0.3) is 0 Å². The number of fused-ring (bicyclic) bond motifs is 1. The Morgan fingerprint density at radius 1 is 1.09 bits per heavy atom. The predicted octanol–water partition coefficient (Wildman–Crippen LogP) is 5.87. The van der Waals surface area contributed by atoms with Gasteiger partial charge in [0.15, 0.2) is 17.5 Å². The van der Waals surface area contributed by atoms with Gasteiger partial charge in [0.05, 0.1) is 23.7 Å². The highest BCUT2D eigenvalue weighted by atomic mass is 32.1. The Bertz CT molecular complexity index is 978. The molecular weight excluding hydrogens is 463 g/mol. The molecule has 0 N–H and O–H groups in total. The fourth-order valence-electron chi connectivity index (χ4n) is 4.30. The SMILES string of the molecule is C.C.CCN1C(=O)[C@H](C)N(C)c2cc(CCC3CC(Oc4cc(F)c(F)c(F)c4)C3)ncc21.S. The summed E-state index contributed by atoms with van der Waals surface area (Å²) < 4.78 is 45.2. The molecule has 1 atom stereocenters. The summed E-state index contributed by atoms with van der Waals surface area (Å²) in [6.45, 7) is 4.47. The second kappa shape index (κ2) is 11.8. The molecule has 1 aromatic heterocycles. The Balaban J connectivity index is 0.00000193. The molecule has 0 radical (unpaired) electrons. The summed E-state index contributed by atoms with van der Waals surface area (Å²) in [4.78, 5) is 20.8. The number of carbonyl (C=O) groups is 1. The van der Waals surface area contributed by atoms with E-state index in [1.165, 1.54) is 0 Å². The summed E-state index contributed by atoms with van der Waals surface area (Å²) in [6.07, 6.45) is 4.93. The van der Waals surface area contributed by atoms with E-state index in [2.05, 4.69) is 11.1 Å². The van der Waals surface area contributed by atoms with Crippen molar-refractivity contribution in [3.63, 3.8) is 0 Å². The zero-order chi connectivity index (χ0) is 22.3. The summed E-state index contributed by atoms with van der Waals surface area (Å²) in [5, 5.41) is 0. The second-order valence-corrected chi connectivity index (χ2v) is 8.35. The Labute approximate surface area is 207 Å². The van der Waals surface area contributed by atoms with Gasteiger partial charge in [-0.3, -0.25) is 9.78 Å². The maximum absolute atomic E-state index is 13.3. The highest BCUT2D eigenvalue weighted by Crippen LogP contribution is 2.37. The molecule has 0 bridgehead atoms. The van der Waals surface area contributed by atoms with Crippen molar-refractivity contribution in [1.82, 2.24) is 4.98 Å². The number of carbonyl (C=O) groups excluding carboxylic acids is 1. The van der Waals surface area contributed by atoms with Crippen LogP contribution in [0, 0.1) is 23.4 Å². The van der Waals surface area contributed by atoms with Gasteiger partial charge >= 0.3 is 0 Å². The van der Waals surface area contributed by atoms with Crippen molar-refractivity contribution in [3.8, 4) is 5.75 Å². The van der Waals surface area contributed by atoms with Crippen LogP contribution in [0.3, 0.4) is 0 Å². The summed E-state index contributed by atoms with van der Waals surface area (Å²) >= 11 is 0. The van der Waals surface area contributed by atoms with Crippen molar-refractivity contribution in [2.75, 3.05) is 23.4 Å². The summed E-state index contributed by atoms with van der Waals surface area (Å²) in [5.74, 6) is -3.44. The van der Waals surface area contributed by atoms with E-state index in [0.717, 1.165) is 54.9 Å². The first-order valence-electron chi connectivity index (χ1n) is 10.6. The smallest absolute Gasteiger partial charge is 0.249 e. The zero-order valence-electron chi connectivity index (χ0n) is 18.4. The van der Waals surface area contributed by atoms with Crippen molar-refractivity contribution in [2.45, 2.75) is 66.5 Å². The molecule has 1 aromatic carbocycles. The Hall–Kier alpha value is -2.42. The molecule has 0 saturated heterocycles. The van der Waals surface area contributed by atoms with E-state index in [-0.39, 0.29) is 52.2 Å². The van der Waals surface area contributed by atoms with Crippen LogP contribution in [0.1, 0.15) is 53.7 Å². The first kappa shape index (κ1) is 29.6. The van der Waals surface area contributed by atoms with Gasteiger partial charge in [-0.15, -0.1) is 0 Å². The maximum atomic E-state index is 13.3. The van der Waals surface area contributed by atoms with E-state index in [1.807, 2.05) is 25.8 Å². The van der Waals surface area contributed by atoms with E-state index < -0.39 is 17.5 Å². The van der Waals surface area contributed by atoms with Crippen LogP contribution < -0.4 is 14.5 Å². The topological polar surface area (TPSA) is 45.7 Å². The average Bonchev–Trinajstić information content (AvgIpc) is 2.72. The fraction of sp³-hybridized carbons (Fsp3) is 0.520. The third-order valence-corrected chi connectivity index (χ3v) is 6.37. The van der Waals surface area contributed by atoms with Gasteiger partial charge < -0.3 is 14.5 Å². The molecule has 1 aliphatic heterocycles. The third kappa shape index (κ3) is 5.62. The van der Waals surface area contributed by atoms with Crippen LogP contribution >= 0.6 is 13.5 Å². The van der Waals surface area contributed by atoms with E-state index >= 15 is 0 Å². The first-order chi connectivity index (χ1) is 14.8. The van der Waals surface area contributed by atoms with Crippen LogP contribution in [0.15, 0.2) is 24.4 Å². The molecule has 1 fully saturated rings. The minimum atomic E-state index is -1.48. The highest BCUT2D eigenvalue weighted by Gasteiger charge is 2.34. The molecule has 2 aromatic rings. The molecular formula is C25H36F3N3O2S. The number of benzene rings is 1. The lowest BCUT2D eigenvalue weighted by atomic mass is 9.79. The number of anilines is 2. The number of amides is 1. The first-order valence-corrected chi connectivity index (χ1v) is 10.6. The largest absolute Gasteiger partial charge is 0.490 e. The van der Waals surface area contributed by atoms with Crippen molar-refractivity contribution in [3.05, 3.63) is 47.5 Å². The maximum Gasteiger partial charge on any atom is 0.249 e. The lowest BCUT2D eigenvalue weighted by molar-refractivity contribution is -0.119. The Morgan fingerprint density at radius 2 is 1.71 bits per heavy atom. The lowest BCUT2D eigenvalue weighted by Crippen LogP contribution is -2.50. The van der Waals surface area contributed by atoms with E-state index in [0.29, 0.717) is 12.5 Å². The fourth-order valence-corrected chi connectivity index (χ4v) is 4.30. The quantitative estimate of drug-likeness (QED) is 0.467. The molecule has 2 aliphatic rings. The molecule has 1 saturated carbocycles. The third-order valence-electron chi connectivity index (χ3n) is 6.37. The molecule has 190 valence electrons. The van der Waals surface area contributed by atoms with Gasteiger partial charge in [0.1, 0.15) is 11.8 Å². The van der Waals surface area contributed by atoms with Gasteiger partial charge in [-0.1, -0.05) is 14.9 Å². The minimum absolute atomic E-state index is 0. The van der Waals surface area contributed by atoms with Crippen LogP contribution in [0.5, 0.6) is 5.75 Å². The van der Waals surface area contributed by atoms with Crippen molar-refractivity contribution >= 4 is 30.8 Å². The van der Waals surface area contributed by atoms with Crippen LogP contribution in [-0.4, -0.2) is 36.6 Å². The number of hydrogen-bond acceptors (Lipinski definition) is 4. The van der Waals surface area contributed by atoms with Gasteiger partial charge in [0.25, 0.3) is 0 Å². The molecule has 34 heavy (non-hydrogen) atoms. The van der Waals surface area contributed by atoms with E-state index in [9.17, 15) is 18.0 Å². The number of pyridine rings is 1. The monoisotopic (exact) mass is 499 g/mol. The number of likely N-dealkylation sites (N-methyl/N-ethyl adjacent to an activating group) is 2. The van der Waals surface area contributed by atoms with Crippen LogP contribution in [0.4, 0.5) is 24.5 Å². The van der Waals surface area contributed by atoms with E-state index in [1.54, 1.807) is 11.1 Å².